The number of amides is 1. The van der Waals surface area contributed by atoms with Crippen molar-refractivity contribution in [3.8, 4) is 0 Å². The summed E-state index contributed by atoms with van der Waals surface area (Å²) in [6.07, 6.45) is 5.00. The summed E-state index contributed by atoms with van der Waals surface area (Å²) in [5.41, 5.74) is 3.37. The molecule has 0 saturated heterocycles. The predicted octanol–water partition coefficient (Wildman–Crippen LogP) is 3.68. The highest BCUT2D eigenvalue weighted by Crippen LogP contribution is 2.48. The van der Waals surface area contributed by atoms with E-state index < -0.39 is 0 Å². The van der Waals surface area contributed by atoms with Gasteiger partial charge in [0.2, 0.25) is 5.91 Å². The molecule has 1 aromatic rings. The second-order valence-electron chi connectivity index (χ2n) is 6.15. The van der Waals surface area contributed by atoms with Crippen molar-refractivity contribution >= 4 is 11.6 Å². The Kier molecular flexibility index (Phi) is 2.89. The van der Waals surface area contributed by atoms with E-state index in [9.17, 15) is 4.79 Å². The summed E-state index contributed by atoms with van der Waals surface area (Å²) in [7, 11) is 0. The molecule has 2 heteroatoms. The maximum atomic E-state index is 12.3. The van der Waals surface area contributed by atoms with Crippen LogP contribution in [0.25, 0.3) is 0 Å². The maximum absolute atomic E-state index is 12.3. The largest absolute Gasteiger partial charge is 0.326 e. The predicted molar refractivity (Wildman–Crippen MR) is 73.5 cm³/mol. The van der Waals surface area contributed by atoms with E-state index in [0.717, 1.165) is 18.0 Å². The van der Waals surface area contributed by atoms with Crippen molar-refractivity contribution in [2.45, 2.75) is 39.5 Å². The molecule has 2 fully saturated rings. The summed E-state index contributed by atoms with van der Waals surface area (Å²) < 4.78 is 0. The molecule has 0 unspecified atom stereocenters. The Balaban J connectivity index is 1.70. The van der Waals surface area contributed by atoms with Crippen LogP contribution in [0.15, 0.2) is 18.2 Å². The first kappa shape index (κ1) is 11.8. The van der Waals surface area contributed by atoms with Crippen molar-refractivity contribution in [2.75, 3.05) is 5.32 Å². The molecule has 0 aliphatic heterocycles. The molecule has 0 aromatic heterocycles. The van der Waals surface area contributed by atoms with Crippen molar-refractivity contribution in [2.24, 2.45) is 17.8 Å². The van der Waals surface area contributed by atoms with E-state index in [1.165, 1.54) is 30.4 Å². The number of carbonyl (C=O) groups is 1. The van der Waals surface area contributed by atoms with Gasteiger partial charge in [-0.3, -0.25) is 4.79 Å². The third kappa shape index (κ3) is 2.16. The highest BCUT2D eigenvalue weighted by Gasteiger charge is 2.42. The minimum atomic E-state index is 0.243. The van der Waals surface area contributed by atoms with Gasteiger partial charge in [0, 0.05) is 11.6 Å². The lowest BCUT2D eigenvalue weighted by atomic mass is 9.88. The van der Waals surface area contributed by atoms with Gasteiger partial charge in [-0.1, -0.05) is 12.5 Å². The smallest absolute Gasteiger partial charge is 0.227 e. The highest BCUT2D eigenvalue weighted by atomic mass is 16.1. The first-order valence-electron chi connectivity index (χ1n) is 7.01. The number of rotatable bonds is 2. The fourth-order valence-corrected chi connectivity index (χ4v) is 3.85. The molecule has 3 atom stereocenters. The molecule has 1 aromatic carbocycles. The van der Waals surface area contributed by atoms with Gasteiger partial charge >= 0.3 is 0 Å². The molecule has 18 heavy (non-hydrogen) atoms. The lowest BCUT2D eigenvalue weighted by Crippen LogP contribution is -2.27. The topological polar surface area (TPSA) is 29.1 Å². The number of hydrogen-bond acceptors (Lipinski definition) is 1. The van der Waals surface area contributed by atoms with Gasteiger partial charge in [0.05, 0.1) is 0 Å². The van der Waals surface area contributed by atoms with Crippen LogP contribution >= 0.6 is 0 Å². The normalized spacial score (nSPS) is 29.6. The van der Waals surface area contributed by atoms with Crippen LogP contribution in [0.3, 0.4) is 0 Å². The van der Waals surface area contributed by atoms with Gasteiger partial charge in [-0.2, -0.15) is 0 Å². The van der Waals surface area contributed by atoms with Gasteiger partial charge in [-0.05, 0) is 68.2 Å². The van der Waals surface area contributed by atoms with Gasteiger partial charge in [-0.25, -0.2) is 0 Å². The van der Waals surface area contributed by atoms with Crippen LogP contribution in [0, 0.1) is 31.6 Å². The van der Waals surface area contributed by atoms with E-state index in [0.29, 0.717) is 5.92 Å². The van der Waals surface area contributed by atoms with E-state index in [2.05, 4.69) is 37.4 Å². The summed E-state index contributed by atoms with van der Waals surface area (Å²) >= 11 is 0. The standard InChI is InChI=1S/C16H21NO/c1-10-5-11(2)7-14(6-10)17-16(18)15-9-12-3-4-13(15)8-12/h5-7,12-13,15H,3-4,8-9H2,1-2H3,(H,17,18)/t12-,13+,15+/m0/s1. The van der Waals surface area contributed by atoms with Crippen LogP contribution in [0.4, 0.5) is 5.69 Å². The SMILES string of the molecule is Cc1cc(C)cc(NC(=O)[C@@H]2C[C@H]3CC[C@@H]2C3)c1. The molecule has 0 heterocycles. The molecule has 3 rings (SSSR count). The van der Waals surface area contributed by atoms with Gasteiger partial charge in [-0.15, -0.1) is 0 Å². The Hall–Kier alpha value is -1.31. The summed E-state index contributed by atoms with van der Waals surface area (Å²) in [5, 5.41) is 3.11. The number of anilines is 1. The van der Waals surface area contributed by atoms with Gasteiger partial charge in [0.15, 0.2) is 0 Å². The van der Waals surface area contributed by atoms with Crippen molar-refractivity contribution in [3.63, 3.8) is 0 Å². The average Bonchev–Trinajstić information content (AvgIpc) is 2.88. The second kappa shape index (κ2) is 4.42. The van der Waals surface area contributed by atoms with Crippen LogP contribution in [-0.2, 0) is 4.79 Å². The van der Waals surface area contributed by atoms with Gasteiger partial charge < -0.3 is 5.32 Å². The molecule has 0 radical (unpaired) electrons. The zero-order valence-corrected chi connectivity index (χ0v) is 11.2. The van der Waals surface area contributed by atoms with E-state index in [4.69, 9.17) is 0 Å². The van der Waals surface area contributed by atoms with Gasteiger partial charge in [0.1, 0.15) is 0 Å². The molecule has 2 nitrogen and oxygen atoms in total. The van der Waals surface area contributed by atoms with Crippen LogP contribution in [0.2, 0.25) is 0 Å². The van der Waals surface area contributed by atoms with E-state index in [1.54, 1.807) is 0 Å². The van der Waals surface area contributed by atoms with Crippen LogP contribution in [0.5, 0.6) is 0 Å². The zero-order valence-electron chi connectivity index (χ0n) is 11.2. The zero-order chi connectivity index (χ0) is 12.7. The van der Waals surface area contributed by atoms with Crippen molar-refractivity contribution in [1.82, 2.24) is 0 Å². The van der Waals surface area contributed by atoms with Crippen LogP contribution in [-0.4, -0.2) is 5.91 Å². The molecule has 0 spiro atoms. The number of benzene rings is 1. The molecule has 2 aliphatic rings. The monoisotopic (exact) mass is 243 g/mol. The highest BCUT2D eigenvalue weighted by molar-refractivity contribution is 5.93. The average molecular weight is 243 g/mol. The lowest BCUT2D eigenvalue weighted by Gasteiger charge is -2.21. The van der Waals surface area contributed by atoms with Crippen molar-refractivity contribution in [3.05, 3.63) is 29.3 Å². The molecular weight excluding hydrogens is 222 g/mol. The first-order chi connectivity index (χ1) is 8.61. The summed E-state index contributed by atoms with van der Waals surface area (Å²) in [4.78, 5) is 12.3. The third-order valence-corrected chi connectivity index (χ3v) is 4.56. The number of aryl methyl sites for hydroxylation is 2. The first-order valence-corrected chi connectivity index (χ1v) is 7.01. The van der Waals surface area contributed by atoms with E-state index in [-0.39, 0.29) is 11.8 Å². The maximum Gasteiger partial charge on any atom is 0.227 e. The Morgan fingerprint density at radius 1 is 1.11 bits per heavy atom. The number of carbonyl (C=O) groups excluding carboxylic acids is 1. The number of fused-ring (bicyclic) bond motifs is 2. The Bertz CT molecular complexity index is 460. The van der Waals surface area contributed by atoms with Crippen LogP contribution in [0.1, 0.15) is 36.8 Å². The molecule has 1 N–H and O–H groups in total. The fourth-order valence-electron chi connectivity index (χ4n) is 3.85. The molecule has 2 saturated carbocycles. The molecule has 2 aliphatic carbocycles. The lowest BCUT2D eigenvalue weighted by molar-refractivity contribution is -0.121. The summed E-state index contributed by atoms with van der Waals surface area (Å²) in [6.45, 7) is 4.14. The minimum Gasteiger partial charge on any atom is -0.326 e. The second-order valence-corrected chi connectivity index (χ2v) is 6.15. The minimum absolute atomic E-state index is 0.243. The van der Waals surface area contributed by atoms with Crippen LogP contribution < -0.4 is 5.32 Å². The molecular formula is C16H21NO. The summed E-state index contributed by atoms with van der Waals surface area (Å²) in [6, 6.07) is 6.24. The van der Waals surface area contributed by atoms with Gasteiger partial charge in [0.25, 0.3) is 0 Å². The van der Waals surface area contributed by atoms with E-state index >= 15 is 0 Å². The quantitative estimate of drug-likeness (QED) is 0.843. The molecule has 2 bridgehead atoms. The Morgan fingerprint density at radius 3 is 2.39 bits per heavy atom. The molecule has 1 amide bonds. The molecule has 96 valence electrons. The van der Waals surface area contributed by atoms with Crippen molar-refractivity contribution < 1.29 is 4.79 Å². The van der Waals surface area contributed by atoms with E-state index in [1.807, 2.05) is 0 Å². The Labute approximate surface area is 109 Å². The number of nitrogens with one attached hydrogen (secondary N) is 1. The van der Waals surface area contributed by atoms with Crippen molar-refractivity contribution in [1.29, 1.82) is 0 Å². The fraction of sp³-hybridized carbons (Fsp3) is 0.562. The number of hydrogen-bond donors (Lipinski definition) is 1. The Morgan fingerprint density at radius 2 is 1.83 bits per heavy atom. The third-order valence-electron chi connectivity index (χ3n) is 4.56. The summed E-state index contributed by atoms with van der Waals surface area (Å²) in [5.74, 6) is 1.99.